The van der Waals surface area contributed by atoms with Crippen LogP contribution in [0, 0.1) is 6.92 Å². The molecule has 6 nitrogen and oxygen atoms in total. The summed E-state index contributed by atoms with van der Waals surface area (Å²) in [5, 5.41) is 4.14. The number of hydrogen-bond acceptors (Lipinski definition) is 3. The Hall–Kier alpha value is -3.41. The minimum absolute atomic E-state index is 0.0395. The summed E-state index contributed by atoms with van der Waals surface area (Å²) in [6, 6.07) is 11.8. The maximum absolute atomic E-state index is 12.5. The van der Waals surface area contributed by atoms with Gasteiger partial charge in [0.1, 0.15) is 5.82 Å². The minimum atomic E-state index is -0.0395. The minimum Gasteiger partial charge on any atom is -0.361 e. The zero-order valence-corrected chi connectivity index (χ0v) is 14.4. The number of nitrogens with one attached hydrogen (secondary N) is 2. The van der Waals surface area contributed by atoms with Crippen LogP contribution in [0.5, 0.6) is 0 Å². The third-order valence-corrected chi connectivity index (χ3v) is 4.41. The Morgan fingerprint density at radius 2 is 2.04 bits per heavy atom. The van der Waals surface area contributed by atoms with Gasteiger partial charge >= 0.3 is 0 Å². The first-order valence-electron chi connectivity index (χ1n) is 8.52. The lowest BCUT2D eigenvalue weighted by molar-refractivity contribution is -0.116. The number of nitrogens with zero attached hydrogens (tertiary/aromatic N) is 3. The Bertz CT molecular complexity index is 1060. The van der Waals surface area contributed by atoms with Gasteiger partial charge in [-0.2, -0.15) is 0 Å². The number of pyridine rings is 1. The van der Waals surface area contributed by atoms with Gasteiger partial charge in [0.05, 0.1) is 5.69 Å². The van der Waals surface area contributed by atoms with Crippen molar-refractivity contribution in [1.29, 1.82) is 0 Å². The van der Waals surface area contributed by atoms with Crippen molar-refractivity contribution >= 4 is 22.5 Å². The molecule has 2 N–H and O–H groups in total. The van der Waals surface area contributed by atoms with E-state index < -0.39 is 0 Å². The summed E-state index contributed by atoms with van der Waals surface area (Å²) >= 11 is 0. The van der Waals surface area contributed by atoms with Gasteiger partial charge in [0, 0.05) is 42.1 Å². The van der Waals surface area contributed by atoms with Crippen molar-refractivity contribution < 1.29 is 4.79 Å². The molecule has 4 aromatic rings. The largest absolute Gasteiger partial charge is 0.361 e. The first kappa shape index (κ1) is 16.1. The van der Waals surface area contributed by atoms with E-state index >= 15 is 0 Å². The second-order valence-electron chi connectivity index (χ2n) is 6.13. The highest BCUT2D eigenvalue weighted by Crippen LogP contribution is 2.21. The van der Waals surface area contributed by atoms with E-state index in [1.807, 2.05) is 54.2 Å². The SMILES string of the molecule is Cc1nccn1-c1ncccc1NC(=O)CCc1c[nH]c2ccccc12. The highest BCUT2D eigenvalue weighted by Gasteiger charge is 2.12. The third kappa shape index (κ3) is 3.09. The van der Waals surface area contributed by atoms with Crippen molar-refractivity contribution in [2.45, 2.75) is 19.8 Å². The monoisotopic (exact) mass is 345 g/mol. The van der Waals surface area contributed by atoms with Crippen LogP contribution in [0.3, 0.4) is 0 Å². The van der Waals surface area contributed by atoms with Crippen LogP contribution >= 0.6 is 0 Å². The number of imidazole rings is 1. The zero-order chi connectivity index (χ0) is 17.9. The first-order chi connectivity index (χ1) is 12.7. The highest BCUT2D eigenvalue weighted by molar-refractivity contribution is 5.93. The van der Waals surface area contributed by atoms with Crippen LogP contribution in [-0.4, -0.2) is 25.4 Å². The molecule has 0 saturated heterocycles. The van der Waals surface area contributed by atoms with Crippen molar-refractivity contribution in [3.05, 3.63) is 72.6 Å². The summed E-state index contributed by atoms with van der Waals surface area (Å²) in [7, 11) is 0. The lowest BCUT2D eigenvalue weighted by Gasteiger charge is -2.11. The summed E-state index contributed by atoms with van der Waals surface area (Å²) in [4.78, 5) is 24.3. The molecule has 0 atom stereocenters. The lowest BCUT2D eigenvalue weighted by Crippen LogP contribution is -2.15. The highest BCUT2D eigenvalue weighted by atomic mass is 16.1. The van der Waals surface area contributed by atoms with Gasteiger partial charge in [-0.1, -0.05) is 18.2 Å². The maximum atomic E-state index is 12.5. The number of amides is 1. The van der Waals surface area contributed by atoms with Gasteiger partial charge in [0.15, 0.2) is 5.82 Å². The molecule has 3 aromatic heterocycles. The molecule has 0 radical (unpaired) electrons. The number of aryl methyl sites for hydroxylation is 2. The molecule has 0 aliphatic rings. The molecule has 26 heavy (non-hydrogen) atoms. The molecule has 0 spiro atoms. The van der Waals surface area contributed by atoms with E-state index in [2.05, 4.69) is 26.3 Å². The Kier molecular flexibility index (Phi) is 4.23. The molecular formula is C20H19N5O. The van der Waals surface area contributed by atoms with Crippen LogP contribution in [0.1, 0.15) is 17.8 Å². The number of rotatable bonds is 5. The summed E-state index contributed by atoms with van der Waals surface area (Å²) < 4.78 is 1.86. The van der Waals surface area contributed by atoms with E-state index in [1.54, 1.807) is 12.4 Å². The predicted octanol–water partition coefficient (Wildman–Crippen LogP) is 3.63. The van der Waals surface area contributed by atoms with Crippen molar-refractivity contribution in [1.82, 2.24) is 19.5 Å². The number of benzene rings is 1. The van der Waals surface area contributed by atoms with E-state index in [0.29, 0.717) is 24.3 Å². The van der Waals surface area contributed by atoms with E-state index in [9.17, 15) is 4.79 Å². The number of carbonyl (C=O) groups excluding carboxylic acids is 1. The second-order valence-corrected chi connectivity index (χ2v) is 6.13. The van der Waals surface area contributed by atoms with Crippen LogP contribution in [0.25, 0.3) is 16.7 Å². The van der Waals surface area contributed by atoms with Crippen molar-refractivity contribution in [3.8, 4) is 5.82 Å². The molecule has 0 unspecified atom stereocenters. The number of fused-ring (bicyclic) bond motifs is 1. The molecule has 4 rings (SSSR count). The number of aromatic nitrogens is 4. The molecule has 0 aliphatic heterocycles. The van der Waals surface area contributed by atoms with E-state index in [1.165, 1.54) is 0 Å². The quantitative estimate of drug-likeness (QED) is 0.580. The molecular weight excluding hydrogens is 326 g/mol. The van der Waals surface area contributed by atoms with Crippen LogP contribution < -0.4 is 5.32 Å². The molecule has 1 amide bonds. The van der Waals surface area contributed by atoms with E-state index in [-0.39, 0.29) is 5.91 Å². The smallest absolute Gasteiger partial charge is 0.224 e. The van der Waals surface area contributed by atoms with Gasteiger partial charge < -0.3 is 10.3 Å². The number of H-pyrrole nitrogens is 1. The summed E-state index contributed by atoms with van der Waals surface area (Å²) in [6.45, 7) is 1.90. The lowest BCUT2D eigenvalue weighted by atomic mass is 10.1. The fourth-order valence-electron chi connectivity index (χ4n) is 3.09. The fourth-order valence-corrected chi connectivity index (χ4v) is 3.09. The standard InChI is InChI=1S/C20H19N5O/c1-14-21-11-12-25(14)20-18(7-4-10-22-20)24-19(26)9-8-15-13-23-17-6-3-2-5-16(15)17/h2-7,10-13,23H,8-9H2,1H3,(H,24,26). The van der Waals surface area contributed by atoms with Gasteiger partial charge in [0.25, 0.3) is 0 Å². The molecule has 6 heteroatoms. The normalized spacial score (nSPS) is 11.0. The topological polar surface area (TPSA) is 75.6 Å². The molecule has 0 saturated carbocycles. The summed E-state index contributed by atoms with van der Waals surface area (Å²) in [5.41, 5.74) is 2.91. The molecule has 0 bridgehead atoms. The zero-order valence-electron chi connectivity index (χ0n) is 14.4. The van der Waals surface area contributed by atoms with Crippen LogP contribution in [0.4, 0.5) is 5.69 Å². The van der Waals surface area contributed by atoms with Crippen LogP contribution in [0.15, 0.2) is 61.2 Å². The third-order valence-electron chi connectivity index (χ3n) is 4.41. The summed E-state index contributed by atoms with van der Waals surface area (Å²) in [6.07, 6.45) is 8.30. The second kappa shape index (κ2) is 6.84. The number of anilines is 1. The Morgan fingerprint density at radius 1 is 1.15 bits per heavy atom. The van der Waals surface area contributed by atoms with Crippen molar-refractivity contribution in [2.75, 3.05) is 5.32 Å². The average molecular weight is 345 g/mol. The van der Waals surface area contributed by atoms with Gasteiger partial charge in [0.2, 0.25) is 5.91 Å². The molecule has 1 aromatic carbocycles. The van der Waals surface area contributed by atoms with Gasteiger partial charge in [-0.15, -0.1) is 0 Å². The summed E-state index contributed by atoms with van der Waals surface area (Å²) in [5.74, 6) is 1.45. The first-order valence-corrected chi connectivity index (χ1v) is 8.52. The van der Waals surface area contributed by atoms with Crippen molar-refractivity contribution in [2.24, 2.45) is 0 Å². The van der Waals surface area contributed by atoms with Gasteiger partial charge in [-0.25, -0.2) is 9.97 Å². The van der Waals surface area contributed by atoms with E-state index in [4.69, 9.17) is 0 Å². The number of aromatic amines is 1. The van der Waals surface area contributed by atoms with Crippen LogP contribution in [-0.2, 0) is 11.2 Å². The number of hydrogen-bond donors (Lipinski definition) is 2. The molecule has 0 fully saturated rings. The average Bonchev–Trinajstić information content (AvgIpc) is 3.27. The van der Waals surface area contributed by atoms with Gasteiger partial charge in [-0.05, 0) is 37.1 Å². The molecule has 0 aliphatic carbocycles. The Labute approximate surface area is 150 Å². The molecule has 130 valence electrons. The molecule has 3 heterocycles. The predicted molar refractivity (Wildman–Crippen MR) is 101 cm³/mol. The van der Waals surface area contributed by atoms with Crippen LogP contribution in [0.2, 0.25) is 0 Å². The number of para-hydroxylation sites is 1. The maximum Gasteiger partial charge on any atom is 0.224 e. The Morgan fingerprint density at radius 3 is 2.88 bits per heavy atom. The number of carbonyl (C=O) groups is 1. The van der Waals surface area contributed by atoms with E-state index in [0.717, 1.165) is 22.3 Å². The fraction of sp³-hybridized carbons (Fsp3) is 0.150. The Balaban J connectivity index is 1.48. The van der Waals surface area contributed by atoms with Crippen molar-refractivity contribution in [3.63, 3.8) is 0 Å². The van der Waals surface area contributed by atoms with Gasteiger partial charge in [-0.3, -0.25) is 9.36 Å².